The molecule has 2 aromatic rings. The quantitative estimate of drug-likeness (QED) is 0.565. The molecule has 0 aromatic heterocycles. The standard InChI is InChI=1S/C18H19BrN2O4/c1-12-4-7-16(15(19)8-12)25-11-18(22)21-20-10-13-5-6-14(23-2)9-17(13)24-3/h4-10H,11H2,1-3H3,(H,21,22). The summed E-state index contributed by atoms with van der Waals surface area (Å²) in [5.41, 5.74) is 4.23. The van der Waals surface area contributed by atoms with Crippen LogP contribution in [0.15, 0.2) is 46.0 Å². The predicted molar refractivity (Wildman–Crippen MR) is 99.7 cm³/mol. The average molecular weight is 407 g/mol. The highest BCUT2D eigenvalue weighted by Gasteiger charge is 2.06. The van der Waals surface area contributed by atoms with E-state index in [0.717, 1.165) is 10.0 Å². The van der Waals surface area contributed by atoms with E-state index in [0.29, 0.717) is 22.8 Å². The maximum atomic E-state index is 11.8. The van der Waals surface area contributed by atoms with Crippen molar-refractivity contribution in [2.24, 2.45) is 5.10 Å². The number of carbonyl (C=O) groups excluding carboxylic acids is 1. The summed E-state index contributed by atoms with van der Waals surface area (Å²) in [5, 5.41) is 3.92. The number of hydrogen-bond acceptors (Lipinski definition) is 5. The highest BCUT2D eigenvalue weighted by Crippen LogP contribution is 2.25. The Morgan fingerprint density at radius 2 is 1.96 bits per heavy atom. The summed E-state index contributed by atoms with van der Waals surface area (Å²) in [6.45, 7) is 1.84. The van der Waals surface area contributed by atoms with E-state index in [2.05, 4.69) is 26.5 Å². The molecule has 2 aromatic carbocycles. The van der Waals surface area contributed by atoms with E-state index in [9.17, 15) is 4.79 Å². The second-order valence-electron chi connectivity index (χ2n) is 5.12. The number of carbonyl (C=O) groups is 1. The molecular formula is C18H19BrN2O4. The van der Waals surface area contributed by atoms with Crippen LogP contribution >= 0.6 is 15.9 Å². The molecule has 132 valence electrons. The van der Waals surface area contributed by atoms with Gasteiger partial charge in [0.1, 0.15) is 17.2 Å². The molecule has 0 atom stereocenters. The van der Waals surface area contributed by atoms with Crippen LogP contribution in [-0.4, -0.2) is 32.9 Å². The molecule has 2 rings (SSSR count). The molecule has 0 bridgehead atoms. The summed E-state index contributed by atoms with van der Waals surface area (Å²) >= 11 is 3.40. The number of hydrazone groups is 1. The van der Waals surface area contributed by atoms with Crippen LogP contribution in [0.5, 0.6) is 17.2 Å². The largest absolute Gasteiger partial charge is 0.497 e. The second kappa shape index (κ2) is 9.08. The smallest absolute Gasteiger partial charge is 0.277 e. The maximum absolute atomic E-state index is 11.8. The number of benzene rings is 2. The van der Waals surface area contributed by atoms with Crippen molar-refractivity contribution in [2.75, 3.05) is 20.8 Å². The number of amides is 1. The highest BCUT2D eigenvalue weighted by atomic mass is 79.9. The number of aryl methyl sites for hydroxylation is 1. The van der Waals surface area contributed by atoms with Gasteiger partial charge in [0, 0.05) is 11.6 Å². The van der Waals surface area contributed by atoms with Crippen molar-refractivity contribution in [2.45, 2.75) is 6.92 Å². The summed E-state index contributed by atoms with van der Waals surface area (Å²) in [5.74, 6) is 1.50. The zero-order chi connectivity index (χ0) is 18.2. The summed E-state index contributed by atoms with van der Waals surface area (Å²) in [4.78, 5) is 11.8. The molecule has 0 unspecified atom stereocenters. The van der Waals surface area contributed by atoms with Gasteiger partial charge in [0.05, 0.1) is 24.9 Å². The van der Waals surface area contributed by atoms with Crippen LogP contribution in [0.2, 0.25) is 0 Å². The van der Waals surface area contributed by atoms with E-state index >= 15 is 0 Å². The zero-order valence-corrected chi connectivity index (χ0v) is 15.8. The average Bonchev–Trinajstić information content (AvgIpc) is 2.61. The Bertz CT molecular complexity index is 778. The van der Waals surface area contributed by atoms with E-state index in [1.165, 1.54) is 6.21 Å². The monoisotopic (exact) mass is 406 g/mol. The SMILES string of the molecule is COc1ccc(C=NNC(=O)COc2ccc(C)cc2Br)c(OC)c1. The molecule has 0 heterocycles. The van der Waals surface area contributed by atoms with Crippen molar-refractivity contribution < 1.29 is 19.0 Å². The lowest BCUT2D eigenvalue weighted by Crippen LogP contribution is -2.24. The number of nitrogens with one attached hydrogen (secondary N) is 1. The van der Waals surface area contributed by atoms with Crippen LogP contribution in [0.25, 0.3) is 0 Å². The highest BCUT2D eigenvalue weighted by molar-refractivity contribution is 9.10. The molecule has 7 heteroatoms. The number of rotatable bonds is 7. The molecule has 0 saturated heterocycles. The van der Waals surface area contributed by atoms with Gasteiger partial charge < -0.3 is 14.2 Å². The van der Waals surface area contributed by atoms with Crippen LogP contribution < -0.4 is 19.6 Å². The molecule has 0 saturated carbocycles. The Morgan fingerprint density at radius 3 is 2.64 bits per heavy atom. The molecule has 6 nitrogen and oxygen atoms in total. The minimum absolute atomic E-state index is 0.140. The van der Waals surface area contributed by atoms with Crippen molar-refractivity contribution in [1.29, 1.82) is 0 Å². The Labute approximate surface area is 154 Å². The minimum atomic E-state index is -0.365. The molecule has 0 radical (unpaired) electrons. The first-order valence-corrected chi connectivity index (χ1v) is 8.25. The van der Waals surface area contributed by atoms with Crippen molar-refractivity contribution >= 4 is 28.1 Å². The predicted octanol–water partition coefficient (Wildman–Crippen LogP) is 3.30. The van der Waals surface area contributed by atoms with Gasteiger partial charge in [-0.25, -0.2) is 5.43 Å². The van der Waals surface area contributed by atoms with Crippen LogP contribution in [0.1, 0.15) is 11.1 Å². The van der Waals surface area contributed by atoms with Crippen molar-refractivity contribution in [3.05, 3.63) is 52.0 Å². The molecule has 0 spiro atoms. The third-order valence-corrected chi connectivity index (χ3v) is 3.90. The van der Waals surface area contributed by atoms with Crippen LogP contribution in [-0.2, 0) is 4.79 Å². The van der Waals surface area contributed by atoms with Crippen LogP contribution in [0, 0.1) is 6.92 Å². The fraction of sp³-hybridized carbons (Fsp3) is 0.222. The molecule has 0 fully saturated rings. The molecule has 1 N–H and O–H groups in total. The molecule has 1 amide bonds. The number of nitrogens with zero attached hydrogens (tertiary/aromatic N) is 1. The fourth-order valence-corrected chi connectivity index (χ4v) is 2.61. The Kier molecular flexibility index (Phi) is 6.82. The summed E-state index contributed by atoms with van der Waals surface area (Å²) < 4.78 is 16.6. The van der Waals surface area contributed by atoms with Gasteiger partial charge in [-0.1, -0.05) is 6.07 Å². The van der Waals surface area contributed by atoms with Gasteiger partial charge in [0.2, 0.25) is 0 Å². The van der Waals surface area contributed by atoms with E-state index in [1.807, 2.05) is 19.1 Å². The van der Waals surface area contributed by atoms with Gasteiger partial charge in [0.25, 0.3) is 5.91 Å². The Balaban J connectivity index is 1.90. The van der Waals surface area contributed by atoms with E-state index in [1.54, 1.807) is 38.5 Å². The Morgan fingerprint density at radius 1 is 1.16 bits per heavy atom. The van der Waals surface area contributed by atoms with Crippen molar-refractivity contribution in [3.8, 4) is 17.2 Å². The van der Waals surface area contributed by atoms with Gasteiger partial charge in [0.15, 0.2) is 6.61 Å². The van der Waals surface area contributed by atoms with Gasteiger partial charge in [-0.05, 0) is 52.7 Å². The fourth-order valence-electron chi connectivity index (χ4n) is 2.00. The van der Waals surface area contributed by atoms with Crippen LogP contribution in [0.3, 0.4) is 0 Å². The molecule has 0 aliphatic rings. The third kappa shape index (κ3) is 5.49. The van der Waals surface area contributed by atoms with E-state index in [-0.39, 0.29) is 12.5 Å². The van der Waals surface area contributed by atoms with Crippen molar-refractivity contribution in [1.82, 2.24) is 5.43 Å². The lowest BCUT2D eigenvalue weighted by Gasteiger charge is -2.08. The van der Waals surface area contributed by atoms with Crippen LogP contribution in [0.4, 0.5) is 0 Å². The summed E-state index contributed by atoms with van der Waals surface area (Å²) in [7, 11) is 3.13. The zero-order valence-electron chi connectivity index (χ0n) is 14.2. The Hall–Kier alpha value is -2.54. The molecular weight excluding hydrogens is 388 g/mol. The van der Waals surface area contributed by atoms with Gasteiger partial charge >= 0.3 is 0 Å². The number of methoxy groups -OCH3 is 2. The number of hydrogen-bond donors (Lipinski definition) is 1. The minimum Gasteiger partial charge on any atom is -0.497 e. The maximum Gasteiger partial charge on any atom is 0.277 e. The summed E-state index contributed by atoms with van der Waals surface area (Å²) in [6.07, 6.45) is 1.50. The van der Waals surface area contributed by atoms with Gasteiger partial charge in [-0.3, -0.25) is 4.79 Å². The molecule has 0 aliphatic carbocycles. The number of halogens is 1. The van der Waals surface area contributed by atoms with E-state index < -0.39 is 0 Å². The first kappa shape index (κ1) is 18.8. The van der Waals surface area contributed by atoms with E-state index in [4.69, 9.17) is 14.2 Å². The van der Waals surface area contributed by atoms with Gasteiger partial charge in [-0.2, -0.15) is 5.10 Å². The molecule has 0 aliphatic heterocycles. The first-order chi connectivity index (χ1) is 12.0. The summed E-state index contributed by atoms with van der Waals surface area (Å²) in [6, 6.07) is 10.9. The topological polar surface area (TPSA) is 69.2 Å². The second-order valence-corrected chi connectivity index (χ2v) is 5.98. The van der Waals surface area contributed by atoms with Crippen molar-refractivity contribution in [3.63, 3.8) is 0 Å². The number of ether oxygens (including phenoxy) is 3. The first-order valence-electron chi connectivity index (χ1n) is 7.46. The normalized spacial score (nSPS) is 10.6. The molecule has 25 heavy (non-hydrogen) atoms. The lowest BCUT2D eigenvalue weighted by molar-refractivity contribution is -0.123. The van der Waals surface area contributed by atoms with Gasteiger partial charge in [-0.15, -0.1) is 0 Å². The third-order valence-electron chi connectivity index (χ3n) is 3.28. The lowest BCUT2D eigenvalue weighted by atomic mass is 10.2.